The maximum absolute atomic E-state index is 10.9. The molecule has 0 aromatic carbocycles. The molecule has 0 bridgehead atoms. The fraction of sp³-hybridized carbons (Fsp3) is 0.286. The van der Waals surface area contributed by atoms with Crippen LogP contribution < -0.4 is 10.6 Å². The first-order chi connectivity index (χ1) is 5.74. The van der Waals surface area contributed by atoms with E-state index in [0.717, 1.165) is 0 Å². The molecule has 0 saturated carbocycles. The topological polar surface area (TPSA) is 70.6 Å². The van der Waals surface area contributed by atoms with Crippen LogP contribution in [0.3, 0.4) is 0 Å². The van der Waals surface area contributed by atoms with Gasteiger partial charge in [-0.2, -0.15) is 0 Å². The zero-order chi connectivity index (χ0) is 8.97. The molecule has 0 spiro atoms. The summed E-state index contributed by atoms with van der Waals surface area (Å²) < 4.78 is 0. The lowest BCUT2D eigenvalue weighted by atomic mass is 10.3. The van der Waals surface area contributed by atoms with Crippen molar-refractivity contribution >= 4 is 17.5 Å². The third kappa shape index (κ3) is 1.91. The molecule has 12 heavy (non-hydrogen) atoms. The van der Waals surface area contributed by atoms with Crippen LogP contribution in [0.25, 0.3) is 0 Å². The van der Waals surface area contributed by atoms with Crippen molar-refractivity contribution < 1.29 is 9.59 Å². The van der Waals surface area contributed by atoms with Crippen LogP contribution in [-0.2, 0) is 9.59 Å². The Balaban J connectivity index is 2.56. The lowest BCUT2D eigenvalue weighted by Crippen LogP contribution is -2.22. The lowest BCUT2D eigenvalue weighted by Gasteiger charge is -1.89. The Morgan fingerprint density at radius 1 is 1.75 bits per heavy atom. The van der Waals surface area contributed by atoms with E-state index < -0.39 is 0 Å². The van der Waals surface area contributed by atoms with Gasteiger partial charge in [0.25, 0.3) is 5.91 Å². The largest absolute Gasteiger partial charge is 0.356 e. The Hall–Kier alpha value is -1.65. The van der Waals surface area contributed by atoms with Gasteiger partial charge in [0.15, 0.2) is 0 Å². The second kappa shape index (κ2) is 3.66. The van der Waals surface area contributed by atoms with Crippen molar-refractivity contribution in [3.63, 3.8) is 0 Å². The predicted octanol–water partition coefficient (Wildman–Crippen LogP) is -1.18. The van der Waals surface area contributed by atoms with Crippen molar-refractivity contribution in [3.8, 4) is 0 Å². The lowest BCUT2D eigenvalue weighted by molar-refractivity contribution is -0.116. The SMILES string of the molecule is CNC(=O)C=CC1=NCNC1=O. The van der Waals surface area contributed by atoms with Gasteiger partial charge in [0.05, 0.1) is 0 Å². The van der Waals surface area contributed by atoms with E-state index in [9.17, 15) is 9.59 Å². The Bertz CT molecular complexity index is 268. The smallest absolute Gasteiger partial charge is 0.270 e. The summed E-state index contributed by atoms with van der Waals surface area (Å²) in [6.45, 7) is 0.298. The summed E-state index contributed by atoms with van der Waals surface area (Å²) >= 11 is 0. The molecule has 5 nitrogen and oxygen atoms in total. The van der Waals surface area contributed by atoms with Gasteiger partial charge in [-0.15, -0.1) is 0 Å². The van der Waals surface area contributed by atoms with Gasteiger partial charge in [0.2, 0.25) is 5.91 Å². The predicted molar refractivity (Wildman–Crippen MR) is 43.7 cm³/mol. The normalized spacial score (nSPS) is 16.1. The number of hydrogen-bond donors (Lipinski definition) is 2. The summed E-state index contributed by atoms with van der Waals surface area (Å²) in [5.41, 5.74) is 0.290. The van der Waals surface area contributed by atoms with Crippen molar-refractivity contribution in [1.82, 2.24) is 10.6 Å². The molecule has 0 aromatic heterocycles. The van der Waals surface area contributed by atoms with E-state index in [0.29, 0.717) is 12.4 Å². The van der Waals surface area contributed by atoms with Crippen molar-refractivity contribution in [2.45, 2.75) is 0 Å². The molecule has 2 amide bonds. The molecule has 1 aliphatic heterocycles. The number of likely N-dealkylation sites (N-methyl/N-ethyl adjacent to an activating group) is 1. The van der Waals surface area contributed by atoms with E-state index in [1.54, 1.807) is 0 Å². The zero-order valence-electron chi connectivity index (χ0n) is 6.63. The highest BCUT2D eigenvalue weighted by atomic mass is 16.2. The fourth-order valence-electron chi connectivity index (χ4n) is 0.725. The van der Waals surface area contributed by atoms with Crippen LogP contribution in [0.1, 0.15) is 0 Å². The monoisotopic (exact) mass is 167 g/mol. The first kappa shape index (κ1) is 8.45. The average Bonchev–Trinajstić information content (AvgIpc) is 2.47. The minimum atomic E-state index is -0.252. The van der Waals surface area contributed by atoms with E-state index in [2.05, 4.69) is 15.6 Å². The Kier molecular flexibility index (Phi) is 2.57. The van der Waals surface area contributed by atoms with Gasteiger partial charge < -0.3 is 10.6 Å². The molecule has 0 aliphatic carbocycles. The molecule has 5 heteroatoms. The van der Waals surface area contributed by atoms with E-state index in [1.165, 1.54) is 19.2 Å². The molecular formula is C7H9N3O2. The van der Waals surface area contributed by atoms with Gasteiger partial charge in [-0.3, -0.25) is 14.6 Å². The van der Waals surface area contributed by atoms with Crippen molar-refractivity contribution in [1.29, 1.82) is 0 Å². The molecule has 0 aromatic rings. The van der Waals surface area contributed by atoms with Crippen LogP contribution in [0.15, 0.2) is 17.1 Å². The summed E-state index contributed by atoms with van der Waals surface area (Å²) in [4.78, 5) is 25.4. The number of carbonyl (C=O) groups is 2. The van der Waals surface area contributed by atoms with Gasteiger partial charge in [-0.1, -0.05) is 0 Å². The zero-order valence-corrected chi connectivity index (χ0v) is 6.63. The van der Waals surface area contributed by atoms with Gasteiger partial charge in [0, 0.05) is 13.1 Å². The summed E-state index contributed by atoms with van der Waals surface area (Å²) in [5.74, 6) is -0.493. The highest BCUT2D eigenvalue weighted by molar-refractivity contribution is 6.44. The Morgan fingerprint density at radius 2 is 2.50 bits per heavy atom. The maximum Gasteiger partial charge on any atom is 0.270 e. The summed E-state index contributed by atoms with van der Waals surface area (Å²) in [7, 11) is 1.52. The minimum absolute atomic E-state index is 0.241. The first-order valence-electron chi connectivity index (χ1n) is 3.46. The van der Waals surface area contributed by atoms with Crippen molar-refractivity contribution in [2.75, 3.05) is 13.7 Å². The third-order valence-electron chi connectivity index (χ3n) is 1.36. The number of rotatable bonds is 2. The van der Waals surface area contributed by atoms with Crippen molar-refractivity contribution in [3.05, 3.63) is 12.2 Å². The molecule has 0 unspecified atom stereocenters. The molecule has 1 aliphatic rings. The molecular weight excluding hydrogens is 158 g/mol. The summed E-state index contributed by atoms with van der Waals surface area (Å²) in [6, 6.07) is 0. The molecule has 64 valence electrons. The van der Waals surface area contributed by atoms with Crippen LogP contribution in [0.5, 0.6) is 0 Å². The van der Waals surface area contributed by atoms with Gasteiger partial charge >= 0.3 is 0 Å². The van der Waals surface area contributed by atoms with E-state index in [1.807, 2.05) is 0 Å². The van der Waals surface area contributed by atoms with Crippen LogP contribution in [-0.4, -0.2) is 31.2 Å². The number of nitrogens with zero attached hydrogens (tertiary/aromatic N) is 1. The quantitative estimate of drug-likeness (QED) is 0.508. The molecule has 0 radical (unpaired) electrons. The van der Waals surface area contributed by atoms with Gasteiger partial charge in [-0.25, -0.2) is 0 Å². The average molecular weight is 167 g/mol. The van der Waals surface area contributed by atoms with Gasteiger partial charge in [-0.05, 0) is 6.08 Å². The number of nitrogens with one attached hydrogen (secondary N) is 2. The van der Waals surface area contributed by atoms with E-state index >= 15 is 0 Å². The van der Waals surface area contributed by atoms with Crippen LogP contribution in [0.4, 0.5) is 0 Å². The number of hydrogen-bond acceptors (Lipinski definition) is 3. The van der Waals surface area contributed by atoms with Crippen molar-refractivity contribution in [2.24, 2.45) is 4.99 Å². The Labute approximate surface area is 69.6 Å². The highest BCUT2D eigenvalue weighted by Crippen LogP contribution is 1.90. The van der Waals surface area contributed by atoms with Crippen LogP contribution in [0, 0.1) is 0 Å². The maximum atomic E-state index is 10.9. The molecule has 1 heterocycles. The molecule has 0 atom stereocenters. The second-order valence-corrected chi connectivity index (χ2v) is 2.15. The summed E-state index contributed by atoms with van der Waals surface area (Å²) in [6.07, 6.45) is 2.66. The van der Waals surface area contributed by atoms with Gasteiger partial charge in [0.1, 0.15) is 12.4 Å². The standard InChI is InChI=1S/C7H9N3O2/c1-8-6(11)3-2-5-7(12)10-4-9-5/h2-3H,4H2,1H3,(H,8,11)(H,10,12). The van der Waals surface area contributed by atoms with Crippen LogP contribution >= 0.6 is 0 Å². The number of aliphatic imine (C=N–C) groups is 1. The minimum Gasteiger partial charge on any atom is -0.356 e. The highest BCUT2D eigenvalue weighted by Gasteiger charge is 2.12. The van der Waals surface area contributed by atoms with Crippen LogP contribution in [0.2, 0.25) is 0 Å². The van der Waals surface area contributed by atoms with E-state index in [4.69, 9.17) is 0 Å². The molecule has 0 fully saturated rings. The number of carbonyl (C=O) groups excluding carboxylic acids is 2. The summed E-state index contributed by atoms with van der Waals surface area (Å²) in [5, 5.41) is 4.88. The number of amides is 2. The third-order valence-corrected chi connectivity index (χ3v) is 1.36. The fourth-order valence-corrected chi connectivity index (χ4v) is 0.725. The first-order valence-corrected chi connectivity index (χ1v) is 3.46. The molecule has 0 saturated heterocycles. The second-order valence-electron chi connectivity index (χ2n) is 2.15. The molecule has 2 N–H and O–H groups in total. The Morgan fingerprint density at radius 3 is 3.00 bits per heavy atom. The molecule has 1 rings (SSSR count). The van der Waals surface area contributed by atoms with E-state index in [-0.39, 0.29) is 11.8 Å².